The van der Waals surface area contributed by atoms with E-state index in [2.05, 4.69) is 55.8 Å². The Morgan fingerprint density at radius 3 is 1.60 bits per heavy atom. The third kappa shape index (κ3) is 5.03. The first kappa shape index (κ1) is 33.0. The van der Waals surface area contributed by atoms with Crippen LogP contribution in [0.4, 0.5) is 0 Å². The fourth-order valence-corrected chi connectivity index (χ4v) is 10.2. The van der Waals surface area contributed by atoms with Crippen molar-refractivity contribution in [3.8, 4) is 0 Å². The summed E-state index contributed by atoms with van der Waals surface area (Å²) >= 11 is 0. The molecule has 13 nitrogen and oxygen atoms in total. The average Bonchev–Trinajstić information content (AvgIpc) is 3.76. The van der Waals surface area contributed by atoms with Crippen molar-refractivity contribution in [2.75, 3.05) is 17.3 Å². The molecule has 0 atom stereocenters. The monoisotopic (exact) mass is 713 g/mol. The Labute approximate surface area is 283 Å². The summed E-state index contributed by atoms with van der Waals surface area (Å²) in [4.78, 5) is 24.1. The summed E-state index contributed by atoms with van der Waals surface area (Å²) in [6.07, 6.45) is 17.4. The van der Waals surface area contributed by atoms with E-state index in [-0.39, 0.29) is 41.0 Å². The summed E-state index contributed by atoms with van der Waals surface area (Å²) < 4.78 is 48.0. The third-order valence-electron chi connectivity index (χ3n) is 10.7. The van der Waals surface area contributed by atoms with Crippen LogP contribution in [0.1, 0.15) is 59.8 Å². The van der Waals surface area contributed by atoms with Crippen molar-refractivity contribution in [2.45, 2.75) is 76.4 Å². The van der Waals surface area contributed by atoms with Gasteiger partial charge in [-0.05, 0) is 56.1 Å². The van der Waals surface area contributed by atoms with Crippen LogP contribution in [-0.4, -0.2) is 78.7 Å². The first-order valence-electron chi connectivity index (χ1n) is 15.7. The van der Waals surface area contributed by atoms with Gasteiger partial charge in [0.2, 0.25) is 9.05 Å². The van der Waals surface area contributed by atoms with Gasteiger partial charge in [-0.1, -0.05) is 21.3 Å². The molecule has 12 rings (SSSR count). The number of H-pyrrole nitrogens is 2. The number of nitrogens with one attached hydrogen (secondary N) is 2. The van der Waals surface area contributed by atoms with Gasteiger partial charge in [-0.15, -0.1) is 0 Å². The normalized spacial score (nSPS) is 28.2. The van der Waals surface area contributed by atoms with Crippen molar-refractivity contribution in [3.05, 3.63) is 49.6 Å². The number of hydrogen-bond donors (Lipinski definition) is 3. The van der Waals surface area contributed by atoms with E-state index in [0.717, 1.165) is 77.1 Å². The van der Waals surface area contributed by atoms with Gasteiger partial charge in [-0.25, -0.2) is 36.8 Å². The minimum Gasteiger partial charge on any atom is -0.346 e. The standard InChI is InChI=1S/C16H18N4O2S.C13H13N5.C2H5ClO2S.CH4/c1-2-23(21,22)9-15-6-16(7-15,8-15)20-10-19-12-5-18-14-11(13(12)20)3-4-17-14;14-12-4-13(5-12,6-12)18-7-17-9-3-16-11-8(10(9)18)1-2-15-11;1-2-6(3,4)5;/h3-5,10H,2,6-9H2,1H3,(H,17,18);1-3,7H,4-6,14H2,(H,15,16);2H2,1H3;1H4. The molecule has 0 amide bonds. The summed E-state index contributed by atoms with van der Waals surface area (Å²) in [6, 6.07) is 4.11. The number of nitrogens with two attached hydrogens (primary N) is 1. The van der Waals surface area contributed by atoms with Crippen molar-refractivity contribution in [3.63, 3.8) is 0 Å². The van der Waals surface area contributed by atoms with Crippen LogP contribution in [0.2, 0.25) is 0 Å². The molecule has 0 aromatic carbocycles. The second-order valence-electron chi connectivity index (χ2n) is 14.1. The highest BCUT2D eigenvalue weighted by Crippen LogP contribution is 2.72. The number of imidazole rings is 2. The van der Waals surface area contributed by atoms with Crippen LogP contribution >= 0.6 is 10.7 Å². The fraction of sp³-hybridized carbons (Fsp3) is 0.500. The van der Waals surface area contributed by atoms with Gasteiger partial charge in [-0.3, -0.25) is 0 Å². The van der Waals surface area contributed by atoms with Gasteiger partial charge >= 0.3 is 0 Å². The molecule has 0 unspecified atom stereocenters. The molecule has 0 saturated heterocycles. The molecule has 256 valence electrons. The van der Waals surface area contributed by atoms with Crippen molar-refractivity contribution >= 4 is 73.7 Å². The molecule has 0 radical (unpaired) electrons. The largest absolute Gasteiger partial charge is 0.346 e. The lowest BCUT2D eigenvalue weighted by molar-refractivity contribution is -0.168. The van der Waals surface area contributed by atoms with Gasteiger partial charge in [0.15, 0.2) is 9.84 Å². The highest BCUT2D eigenvalue weighted by molar-refractivity contribution is 8.13. The zero-order valence-corrected chi connectivity index (χ0v) is 28.5. The minimum atomic E-state index is -3.19. The lowest BCUT2D eigenvalue weighted by Gasteiger charge is -2.71. The van der Waals surface area contributed by atoms with Crippen molar-refractivity contribution in [1.29, 1.82) is 0 Å². The first-order chi connectivity index (χ1) is 22.2. The maximum Gasteiger partial charge on any atom is 0.232 e. The Bertz CT molecular complexity index is 2390. The average molecular weight is 714 g/mol. The number of fused-ring (bicyclic) bond motifs is 6. The Morgan fingerprint density at radius 2 is 1.21 bits per heavy atom. The molecular formula is C32H40ClN9O4S2. The second-order valence-corrected chi connectivity index (χ2v) is 19.5. The molecule has 6 heterocycles. The Hall–Kier alpha value is -3.53. The van der Waals surface area contributed by atoms with E-state index >= 15 is 0 Å². The maximum absolute atomic E-state index is 11.9. The van der Waals surface area contributed by atoms with Gasteiger partial charge in [-0.2, -0.15) is 0 Å². The van der Waals surface area contributed by atoms with Gasteiger partial charge < -0.3 is 24.8 Å². The van der Waals surface area contributed by atoms with E-state index in [0.29, 0.717) is 5.75 Å². The van der Waals surface area contributed by atoms with E-state index < -0.39 is 18.9 Å². The molecule has 4 bridgehead atoms. The Kier molecular flexibility index (Phi) is 7.38. The van der Waals surface area contributed by atoms with Crippen LogP contribution in [-0.2, 0) is 30.0 Å². The number of nitrogens with zero attached hydrogens (tertiary/aromatic N) is 6. The predicted octanol–water partition coefficient (Wildman–Crippen LogP) is 4.94. The number of pyridine rings is 2. The molecule has 0 spiro atoms. The topological polar surface area (TPSA) is 187 Å². The molecule has 6 saturated carbocycles. The summed E-state index contributed by atoms with van der Waals surface area (Å²) in [7, 11) is -1.40. The number of aromatic nitrogens is 8. The summed E-state index contributed by atoms with van der Waals surface area (Å²) in [5.41, 5.74) is 12.6. The molecule has 0 aliphatic heterocycles. The van der Waals surface area contributed by atoms with Crippen LogP contribution < -0.4 is 5.73 Å². The van der Waals surface area contributed by atoms with Crippen molar-refractivity contribution < 1.29 is 16.8 Å². The SMILES string of the molecule is C.CCS(=O)(=O)CC12CC(n3cnc4cnc5[nH]ccc5c43)(C1)C2.CCS(=O)(=O)Cl.NC12CC(n3cnc4cnc5[nH]ccc5c43)(C1)C2. The summed E-state index contributed by atoms with van der Waals surface area (Å²) in [5, 5.41) is 2.24. The van der Waals surface area contributed by atoms with Gasteiger partial charge in [0.05, 0.1) is 53.1 Å². The molecule has 6 aromatic heterocycles. The Balaban J connectivity index is 0.000000130. The van der Waals surface area contributed by atoms with Crippen LogP contribution in [0.3, 0.4) is 0 Å². The number of hydrogen-bond acceptors (Lipinski definition) is 9. The summed E-state index contributed by atoms with van der Waals surface area (Å²) in [6.45, 7) is 3.22. The van der Waals surface area contributed by atoms with E-state index in [4.69, 9.17) is 5.73 Å². The van der Waals surface area contributed by atoms with Crippen molar-refractivity contribution in [2.24, 2.45) is 11.1 Å². The zero-order valence-electron chi connectivity index (χ0n) is 26.1. The fourth-order valence-electron chi connectivity index (χ4n) is 8.72. The molecule has 6 fully saturated rings. The van der Waals surface area contributed by atoms with Crippen LogP contribution in [0.5, 0.6) is 0 Å². The van der Waals surface area contributed by atoms with E-state index in [1.807, 2.05) is 37.3 Å². The minimum absolute atomic E-state index is 0. The summed E-state index contributed by atoms with van der Waals surface area (Å²) in [5.74, 6) is 0.589. The highest BCUT2D eigenvalue weighted by Gasteiger charge is 2.70. The Morgan fingerprint density at radius 1 is 0.771 bits per heavy atom. The number of sulfone groups is 1. The lowest BCUT2D eigenvalue weighted by atomic mass is 9.40. The lowest BCUT2D eigenvalue weighted by Crippen LogP contribution is -2.76. The smallest absolute Gasteiger partial charge is 0.232 e. The van der Waals surface area contributed by atoms with E-state index in [1.54, 1.807) is 13.1 Å². The van der Waals surface area contributed by atoms with E-state index in [9.17, 15) is 16.8 Å². The zero-order chi connectivity index (χ0) is 33.0. The highest BCUT2D eigenvalue weighted by atomic mass is 35.7. The molecule has 48 heavy (non-hydrogen) atoms. The van der Waals surface area contributed by atoms with Crippen molar-refractivity contribution in [1.82, 2.24) is 39.0 Å². The molecule has 16 heteroatoms. The third-order valence-corrected chi connectivity index (χ3v) is 13.9. The van der Waals surface area contributed by atoms with Gasteiger partial charge in [0.1, 0.15) is 22.3 Å². The second kappa shape index (κ2) is 10.7. The molecule has 6 aromatic rings. The molecule has 6 aliphatic carbocycles. The number of aromatic amines is 2. The van der Waals surface area contributed by atoms with Crippen LogP contribution in [0.15, 0.2) is 49.6 Å². The maximum atomic E-state index is 11.9. The predicted molar refractivity (Wildman–Crippen MR) is 188 cm³/mol. The van der Waals surface area contributed by atoms with E-state index in [1.165, 1.54) is 12.4 Å². The number of halogens is 1. The quantitative estimate of drug-likeness (QED) is 0.201. The molecule has 6 aliphatic rings. The van der Waals surface area contributed by atoms with Gasteiger partial charge in [0, 0.05) is 50.7 Å². The van der Waals surface area contributed by atoms with Gasteiger partial charge in [0.25, 0.3) is 0 Å². The molecular weight excluding hydrogens is 674 g/mol. The molecule has 4 N–H and O–H groups in total. The first-order valence-corrected chi connectivity index (χ1v) is 20.0. The van der Waals surface area contributed by atoms with Crippen LogP contribution in [0, 0.1) is 5.41 Å². The van der Waals surface area contributed by atoms with Crippen LogP contribution in [0.25, 0.3) is 44.1 Å². The number of rotatable bonds is 6.